The van der Waals surface area contributed by atoms with Crippen LogP contribution < -0.4 is 4.74 Å². The van der Waals surface area contributed by atoms with Crippen molar-refractivity contribution in [1.29, 1.82) is 0 Å². The van der Waals surface area contributed by atoms with Gasteiger partial charge in [-0.1, -0.05) is 79.7 Å². The van der Waals surface area contributed by atoms with Crippen LogP contribution in [0.2, 0.25) is 0 Å². The van der Waals surface area contributed by atoms with Crippen LogP contribution in [0, 0.1) is 0 Å². The zero-order valence-electron chi connectivity index (χ0n) is 20.3. The summed E-state index contributed by atoms with van der Waals surface area (Å²) in [7, 11) is 0. The molecule has 36 heavy (non-hydrogen) atoms. The Morgan fingerprint density at radius 3 is 2.17 bits per heavy atom. The lowest BCUT2D eigenvalue weighted by molar-refractivity contribution is 0.103. The van der Waals surface area contributed by atoms with Crippen LogP contribution in [0.4, 0.5) is 0 Å². The molecular formula is C31H28N2O3. The summed E-state index contributed by atoms with van der Waals surface area (Å²) in [6.45, 7) is 3.49. The van der Waals surface area contributed by atoms with Gasteiger partial charge in [0.15, 0.2) is 5.58 Å². The second kappa shape index (κ2) is 11.5. The Labute approximate surface area is 211 Å². The Morgan fingerprint density at radius 1 is 0.750 bits per heavy atom. The van der Waals surface area contributed by atoms with E-state index in [1.54, 1.807) is 0 Å². The normalized spacial score (nSPS) is 11.4. The van der Waals surface area contributed by atoms with E-state index in [0.29, 0.717) is 31.6 Å². The van der Waals surface area contributed by atoms with Gasteiger partial charge >= 0.3 is 0 Å². The minimum Gasteiger partial charge on any atom is -0.472 e. The van der Waals surface area contributed by atoms with Gasteiger partial charge in [-0.15, -0.1) is 0 Å². The molecule has 0 spiro atoms. The molecule has 5 aromatic rings. The van der Waals surface area contributed by atoms with Crippen molar-refractivity contribution in [3.63, 3.8) is 0 Å². The summed E-state index contributed by atoms with van der Waals surface area (Å²) in [5.41, 5.74) is 6.68. The van der Waals surface area contributed by atoms with Crippen LogP contribution in [0.1, 0.15) is 40.8 Å². The lowest BCUT2D eigenvalue weighted by atomic mass is 10.1. The number of nitrogens with zero attached hydrogens (tertiary/aromatic N) is 2. The second-order valence-corrected chi connectivity index (χ2v) is 8.45. The third kappa shape index (κ3) is 5.88. The first-order valence-corrected chi connectivity index (χ1v) is 12.1. The molecule has 0 atom stereocenters. The van der Waals surface area contributed by atoms with E-state index in [9.17, 15) is 0 Å². The maximum Gasteiger partial charge on any atom is 0.221 e. The molecule has 0 amide bonds. The van der Waals surface area contributed by atoms with Gasteiger partial charge in [0.05, 0.1) is 18.9 Å². The predicted octanol–water partition coefficient (Wildman–Crippen LogP) is 7.25. The molecule has 0 unspecified atom stereocenters. The van der Waals surface area contributed by atoms with Crippen LogP contribution in [0.15, 0.2) is 95.4 Å². The predicted molar refractivity (Wildman–Crippen MR) is 142 cm³/mol. The second-order valence-electron chi connectivity index (χ2n) is 8.45. The van der Waals surface area contributed by atoms with E-state index in [0.717, 1.165) is 45.5 Å². The Hall–Kier alpha value is -4.22. The number of oxazole rings is 1. The van der Waals surface area contributed by atoms with Crippen LogP contribution in [-0.4, -0.2) is 9.97 Å². The van der Waals surface area contributed by atoms with Gasteiger partial charge in [-0.2, -0.15) is 0 Å². The SMILES string of the molecule is CCc1cc(C=Cc2nc3ccccc3o2)c(OCc2ccccc2)nc1COCc1ccccc1. The molecule has 0 aliphatic carbocycles. The number of aromatic nitrogens is 2. The summed E-state index contributed by atoms with van der Waals surface area (Å²) in [6.07, 6.45) is 4.64. The van der Waals surface area contributed by atoms with Crippen molar-refractivity contribution >= 4 is 23.3 Å². The van der Waals surface area contributed by atoms with E-state index in [4.69, 9.17) is 18.9 Å². The molecule has 180 valence electrons. The molecule has 0 fully saturated rings. The van der Waals surface area contributed by atoms with E-state index in [1.165, 1.54) is 0 Å². The smallest absolute Gasteiger partial charge is 0.221 e. The largest absolute Gasteiger partial charge is 0.472 e. The van der Waals surface area contributed by atoms with Crippen molar-refractivity contribution < 1.29 is 13.9 Å². The number of hydrogen-bond donors (Lipinski definition) is 0. The van der Waals surface area contributed by atoms with Crippen LogP contribution in [0.25, 0.3) is 23.3 Å². The van der Waals surface area contributed by atoms with Crippen LogP contribution in [0.5, 0.6) is 5.88 Å². The lowest BCUT2D eigenvalue weighted by Crippen LogP contribution is -2.06. The molecule has 5 rings (SSSR count). The highest BCUT2D eigenvalue weighted by atomic mass is 16.5. The van der Waals surface area contributed by atoms with Crippen molar-refractivity contribution in [3.05, 3.63) is 125 Å². The average Bonchev–Trinajstić information content (AvgIpc) is 3.35. The molecule has 0 aliphatic rings. The summed E-state index contributed by atoms with van der Waals surface area (Å²) in [6, 6.07) is 30.1. The van der Waals surface area contributed by atoms with Gasteiger partial charge in [0.25, 0.3) is 0 Å². The number of hydrogen-bond acceptors (Lipinski definition) is 5. The number of para-hydroxylation sites is 2. The van der Waals surface area contributed by atoms with Gasteiger partial charge in [0.1, 0.15) is 12.1 Å². The summed E-state index contributed by atoms with van der Waals surface area (Å²) in [5, 5.41) is 0. The number of aryl methyl sites for hydroxylation is 1. The molecular weight excluding hydrogens is 448 g/mol. The fourth-order valence-electron chi connectivity index (χ4n) is 3.95. The van der Waals surface area contributed by atoms with Crippen molar-refractivity contribution in [1.82, 2.24) is 9.97 Å². The van der Waals surface area contributed by atoms with Gasteiger partial charge in [-0.05, 0) is 47.4 Å². The maximum absolute atomic E-state index is 6.21. The maximum atomic E-state index is 6.21. The molecule has 5 nitrogen and oxygen atoms in total. The lowest BCUT2D eigenvalue weighted by Gasteiger charge is -2.14. The van der Waals surface area contributed by atoms with E-state index in [2.05, 4.69) is 30.1 Å². The molecule has 2 aromatic heterocycles. The molecule has 0 saturated heterocycles. The number of rotatable bonds is 10. The minimum atomic E-state index is 0.412. The summed E-state index contributed by atoms with van der Waals surface area (Å²) < 4.78 is 18.1. The van der Waals surface area contributed by atoms with Gasteiger partial charge in [-0.25, -0.2) is 9.97 Å². The number of pyridine rings is 1. The fourth-order valence-corrected chi connectivity index (χ4v) is 3.95. The zero-order valence-corrected chi connectivity index (χ0v) is 20.3. The topological polar surface area (TPSA) is 57.4 Å². The third-order valence-electron chi connectivity index (χ3n) is 5.85. The van der Waals surface area contributed by atoms with Crippen molar-refractivity contribution in [3.8, 4) is 5.88 Å². The molecule has 0 saturated carbocycles. The van der Waals surface area contributed by atoms with Gasteiger partial charge in [0, 0.05) is 11.6 Å². The van der Waals surface area contributed by atoms with Crippen molar-refractivity contribution in [2.24, 2.45) is 0 Å². The Balaban J connectivity index is 1.41. The summed E-state index contributed by atoms with van der Waals surface area (Å²) in [4.78, 5) is 9.44. The van der Waals surface area contributed by atoms with Crippen molar-refractivity contribution in [2.45, 2.75) is 33.2 Å². The Morgan fingerprint density at radius 2 is 1.44 bits per heavy atom. The molecule has 5 heteroatoms. The standard InChI is InChI=1S/C31H28N2O3/c1-2-25-19-26(17-18-30-32-27-15-9-10-16-29(27)36-30)31(35-21-24-13-7-4-8-14-24)33-28(25)22-34-20-23-11-5-3-6-12-23/h3-19H,2,20-22H2,1H3. The minimum absolute atomic E-state index is 0.412. The highest BCUT2D eigenvalue weighted by molar-refractivity contribution is 5.76. The zero-order chi connectivity index (χ0) is 24.6. The van der Waals surface area contributed by atoms with Gasteiger partial charge < -0.3 is 13.9 Å². The average molecular weight is 477 g/mol. The van der Waals surface area contributed by atoms with E-state index < -0.39 is 0 Å². The van der Waals surface area contributed by atoms with Gasteiger partial charge in [0.2, 0.25) is 11.8 Å². The van der Waals surface area contributed by atoms with Crippen LogP contribution in [-0.2, 0) is 31.0 Å². The summed E-state index contributed by atoms with van der Waals surface area (Å²) in [5.74, 6) is 1.10. The molecule has 3 aromatic carbocycles. The highest BCUT2D eigenvalue weighted by Gasteiger charge is 2.12. The molecule has 0 radical (unpaired) electrons. The van der Waals surface area contributed by atoms with E-state index >= 15 is 0 Å². The fraction of sp³-hybridized carbons (Fsp3) is 0.161. The summed E-state index contributed by atoms with van der Waals surface area (Å²) >= 11 is 0. The van der Waals surface area contributed by atoms with Crippen molar-refractivity contribution in [2.75, 3.05) is 0 Å². The first-order valence-electron chi connectivity index (χ1n) is 12.1. The molecule has 0 aliphatic heterocycles. The van der Waals surface area contributed by atoms with Crippen LogP contribution >= 0.6 is 0 Å². The first-order chi connectivity index (χ1) is 17.8. The molecule has 0 N–H and O–H groups in total. The quantitative estimate of drug-likeness (QED) is 0.212. The Bertz CT molecular complexity index is 1410. The monoisotopic (exact) mass is 476 g/mol. The molecule has 0 bridgehead atoms. The molecule has 2 heterocycles. The number of ether oxygens (including phenoxy) is 2. The van der Waals surface area contributed by atoms with E-state index in [1.807, 2.05) is 84.9 Å². The highest BCUT2D eigenvalue weighted by Crippen LogP contribution is 2.25. The van der Waals surface area contributed by atoms with Gasteiger partial charge in [-0.3, -0.25) is 0 Å². The van der Waals surface area contributed by atoms with E-state index in [-0.39, 0.29) is 0 Å². The number of benzene rings is 3. The Kier molecular flexibility index (Phi) is 7.49. The first kappa shape index (κ1) is 23.5. The number of fused-ring (bicyclic) bond motifs is 1. The third-order valence-corrected chi connectivity index (χ3v) is 5.85. The van der Waals surface area contributed by atoms with Crippen LogP contribution in [0.3, 0.4) is 0 Å².